The maximum absolute atomic E-state index is 13.0. The van der Waals surface area contributed by atoms with E-state index in [1.165, 1.54) is 16.3 Å². The molecule has 0 aromatic heterocycles. The highest BCUT2D eigenvalue weighted by Crippen LogP contribution is 2.18. The summed E-state index contributed by atoms with van der Waals surface area (Å²) < 4.78 is 0. The average molecular weight is 394 g/mol. The smallest absolute Gasteiger partial charge is 0.239 e. The summed E-state index contributed by atoms with van der Waals surface area (Å²) in [4.78, 5) is 21.7. The zero-order valence-electron chi connectivity index (χ0n) is 17.2. The monoisotopic (exact) mass is 393 g/mol. The molecule has 1 fully saturated rings. The predicted octanol–water partition coefficient (Wildman–Crippen LogP) is 1.85. The van der Waals surface area contributed by atoms with Crippen LogP contribution in [-0.2, 0) is 11.2 Å². The first-order chi connectivity index (χ1) is 14.2. The minimum Gasteiger partial charge on any atom is -0.356 e. The molecular weight excluding hydrogens is 362 g/mol. The molecule has 0 saturated carbocycles. The van der Waals surface area contributed by atoms with Gasteiger partial charge in [-0.25, -0.2) is 0 Å². The normalized spacial score (nSPS) is 20.0. The third-order valence-corrected chi connectivity index (χ3v) is 5.96. The zero-order chi connectivity index (χ0) is 20.1. The molecule has 0 unspecified atom stereocenters. The molecule has 0 bridgehead atoms. The Labute approximate surface area is 173 Å². The number of likely N-dealkylation sites (N-methyl/N-ethyl adjacent to an activating group) is 1. The van der Waals surface area contributed by atoms with Crippen molar-refractivity contribution in [3.05, 3.63) is 48.0 Å². The van der Waals surface area contributed by atoms with Gasteiger partial charge in [-0.1, -0.05) is 42.5 Å². The van der Waals surface area contributed by atoms with Crippen molar-refractivity contribution in [2.45, 2.75) is 25.3 Å². The van der Waals surface area contributed by atoms with Gasteiger partial charge < -0.3 is 15.5 Å². The highest BCUT2D eigenvalue weighted by Gasteiger charge is 2.31. The predicted molar refractivity (Wildman–Crippen MR) is 118 cm³/mol. The van der Waals surface area contributed by atoms with E-state index in [0.717, 1.165) is 64.5 Å². The number of nitrogens with one attached hydrogen (secondary N) is 2. The molecule has 2 heterocycles. The lowest BCUT2D eigenvalue weighted by Crippen LogP contribution is -2.56. The lowest BCUT2D eigenvalue weighted by Gasteiger charge is -2.39. The number of aliphatic imine (C=N–C) groups is 1. The van der Waals surface area contributed by atoms with E-state index in [2.05, 4.69) is 74.9 Å². The topological polar surface area (TPSA) is 60.0 Å². The van der Waals surface area contributed by atoms with Crippen molar-refractivity contribution >= 4 is 22.6 Å². The van der Waals surface area contributed by atoms with E-state index in [-0.39, 0.29) is 11.9 Å². The molecule has 2 aliphatic rings. The number of benzene rings is 2. The van der Waals surface area contributed by atoms with Crippen LogP contribution in [0, 0.1) is 0 Å². The Kier molecular flexibility index (Phi) is 6.30. The molecule has 0 aliphatic carbocycles. The molecule has 6 nitrogen and oxygen atoms in total. The van der Waals surface area contributed by atoms with Crippen LogP contribution >= 0.6 is 0 Å². The van der Waals surface area contributed by atoms with Crippen molar-refractivity contribution in [2.75, 3.05) is 46.3 Å². The number of amides is 1. The second kappa shape index (κ2) is 9.27. The lowest BCUT2D eigenvalue weighted by molar-refractivity contribution is -0.141. The highest BCUT2D eigenvalue weighted by molar-refractivity contribution is 5.84. The summed E-state index contributed by atoms with van der Waals surface area (Å²) in [6, 6.07) is 15.0. The van der Waals surface area contributed by atoms with E-state index in [9.17, 15) is 4.79 Å². The van der Waals surface area contributed by atoms with Crippen LogP contribution in [0.2, 0.25) is 0 Å². The molecule has 4 rings (SSSR count). The Bertz CT molecular complexity index is 880. The van der Waals surface area contributed by atoms with E-state index in [1.54, 1.807) is 0 Å². The number of hydrogen-bond acceptors (Lipinski definition) is 5. The van der Waals surface area contributed by atoms with Crippen LogP contribution in [0.5, 0.6) is 0 Å². The molecule has 2 aliphatic heterocycles. The number of rotatable bonds is 7. The number of carbonyl (C=O) groups excluding carboxylic acids is 1. The van der Waals surface area contributed by atoms with Crippen LogP contribution in [0.3, 0.4) is 0 Å². The van der Waals surface area contributed by atoms with E-state index in [4.69, 9.17) is 0 Å². The summed E-state index contributed by atoms with van der Waals surface area (Å²) in [6.45, 7) is 5.16. The maximum Gasteiger partial charge on any atom is 0.239 e. The van der Waals surface area contributed by atoms with E-state index in [1.807, 2.05) is 0 Å². The summed E-state index contributed by atoms with van der Waals surface area (Å²) in [5.41, 5.74) is 1.29. The summed E-state index contributed by atoms with van der Waals surface area (Å²) in [6.07, 6.45) is 2.74. The summed E-state index contributed by atoms with van der Waals surface area (Å²) in [5, 5.41) is 9.06. The number of guanidine groups is 1. The van der Waals surface area contributed by atoms with Gasteiger partial charge in [0.2, 0.25) is 5.91 Å². The minimum absolute atomic E-state index is 0.0133. The van der Waals surface area contributed by atoms with Crippen molar-refractivity contribution in [3.63, 3.8) is 0 Å². The SMILES string of the molecule is CN1CCN(CCc2ccc3ccccc3c2)C(=O)[C@@H]1CCCNC1=NCCN1. The van der Waals surface area contributed by atoms with E-state index >= 15 is 0 Å². The third kappa shape index (κ3) is 4.88. The van der Waals surface area contributed by atoms with Crippen molar-refractivity contribution < 1.29 is 4.79 Å². The molecule has 6 heteroatoms. The van der Waals surface area contributed by atoms with Crippen LogP contribution in [0.25, 0.3) is 10.8 Å². The van der Waals surface area contributed by atoms with Gasteiger partial charge in [-0.15, -0.1) is 0 Å². The average Bonchev–Trinajstić information content (AvgIpc) is 3.26. The Hall–Kier alpha value is -2.60. The molecule has 0 spiro atoms. The van der Waals surface area contributed by atoms with E-state index < -0.39 is 0 Å². The van der Waals surface area contributed by atoms with Gasteiger partial charge in [0.25, 0.3) is 0 Å². The van der Waals surface area contributed by atoms with Crippen LogP contribution in [0.4, 0.5) is 0 Å². The van der Waals surface area contributed by atoms with E-state index in [0.29, 0.717) is 0 Å². The highest BCUT2D eigenvalue weighted by atomic mass is 16.2. The summed E-state index contributed by atoms with van der Waals surface area (Å²) in [7, 11) is 2.07. The largest absolute Gasteiger partial charge is 0.356 e. The molecular formula is C23H31N5O. The first kappa shape index (κ1) is 19.7. The molecule has 2 N–H and O–H groups in total. The van der Waals surface area contributed by atoms with Gasteiger partial charge in [-0.2, -0.15) is 0 Å². The minimum atomic E-state index is -0.0133. The van der Waals surface area contributed by atoms with Crippen molar-refractivity contribution in [1.29, 1.82) is 0 Å². The maximum atomic E-state index is 13.0. The molecule has 2 aromatic carbocycles. The Morgan fingerprint density at radius 1 is 1.17 bits per heavy atom. The molecule has 29 heavy (non-hydrogen) atoms. The second-order valence-electron chi connectivity index (χ2n) is 7.98. The standard InChI is InChI=1S/C23H31N5O/c1-27-15-16-28(14-10-18-8-9-19-5-2-3-6-20(19)17-18)22(29)21(27)7-4-11-24-23-25-12-13-26-23/h2-3,5-6,8-9,17,21H,4,7,10-16H2,1H3,(H2,24,25,26)/t21-/m0/s1. The Morgan fingerprint density at radius 2 is 2.03 bits per heavy atom. The van der Waals surface area contributed by atoms with Gasteiger partial charge in [0.1, 0.15) is 0 Å². The quantitative estimate of drug-likeness (QED) is 0.705. The third-order valence-electron chi connectivity index (χ3n) is 5.96. The second-order valence-corrected chi connectivity index (χ2v) is 7.98. The molecule has 0 radical (unpaired) electrons. The fourth-order valence-corrected chi connectivity index (χ4v) is 4.19. The first-order valence-corrected chi connectivity index (χ1v) is 10.7. The molecule has 1 atom stereocenters. The molecule has 2 aromatic rings. The number of piperazine rings is 1. The van der Waals surface area contributed by atoms with Crippen molar-refractivity contribution in [2.24, 2.45) is 4.99 Å². The van der Waals surface area contributed by atoms with Gasteiger partial charge in [0.15, 0.2) is 5.96 Å². The molecule has 1 saturated heterocycles. The van der Waals surface area contributed by atoms with Crippen molar-refractivity contribution in [1.82, 2.24) is 20.4 Å². The van der Waals surface area contributed by atoms with Crippen LogP contribution < -0.4 is 10.6 Å². The first-order valence-electron chi connectivity index (χ1n) is 10.7. The fraction of sp³-hybridized carbons (Fsp3) is 0.478. The van der Waals surface area contributed by atoms with Crippen molar-refractivity contribution in [3.8, 4) is 0 Å². The molecule has 154 valence electrons. The Balaban J connectivity index is 1.28. The van der Waals surface area contributed by atoms with Gasteiger partial charge >= 0.3 is 0 Å². The van der Waals surface area contributed by atoms with Gasteiger partial charge in [0, 0.05) is 32.7 Å². The number of nitrogens with zero attached hydrogens (tertiary/aromatic N) is 3. The fourth-order valence-electron chi connectivity index (χ4n) is 4.19. The van der Waals surface area contributed by atoms with Crippen LogP contribution in [0.15, 0.2) is 47.5 Å². The van der Waals surface area contributed by atoms with Gasteiger partial charge in [-0.3, -0.25) is 14.7 Å². The van der Waals surface area contributed by atoms with Crippen LogP contribution in [0.1, 0.15) is 18.4 Å². The summed E-state index contributed by atoms with van der Waals surface area (Å²) in [5.74, 6) is 1.17. The Morgan fingerprint density at radius 3 is 2.86 bits per heavy atom. The zero-order valence-corrected chi connectivity index (χ0v) is 17.2. The number of carbonyl (C=O) groups is 1. The lowest BCUT2D eigenvalue weighted by atomic mass is 10.0. The van der Waals surface area contributed by atoms with Crippen LogP contribution in [-0.4, -0.2) is 74.0 Å². The number of hydrogen-bond donors (Lipinski definition) is 2. The van der Waals surface area contributed by atoms with Gasteiger partial charge in [-0.05, 0) is 42.6 Å². The molecule has 1 amide bonds. The number of fused-ring (bicyclic) bond motifs is 1. The summed E-state index contributed by atoms with van der Waals surface area (Å²) >= 11 is 0. The van der Waals surface area contributed by atoms with Gasteiger partial charge in [0.05, 0.1) is 12.6 Å².